The van der Waals surface area contributed by atoms with Crippen LogP contribution in [0.2, 0.25) is 0 Å². The van der Waals surface area contributed by atoms with E-state index in [0.29, 0.717) is 5.69 Å². The molecular weight excluding hydrogens is 319 g/mol. The third kappa shape index (κ3) is 3.10. The maximum atomic E-state index is 10.9. The number of nitro benzene ring substituents is 1. The molecular formula is C11H11IN2O2. The Morgan fingerprint density at radius 1 is 1.56 bits per heavy atom. The van der Waals surface area contributed by atoms with Crippen molar-refractivity contribution in [3.63, 3.8) is 0 Å². The lowest BCUT2D eigenvalue weighted by atomic mass is 10.1. The fourth-order valence-corrected chi connectivity index (χ4v) is 1.61. The molecule has 0 aliphatic carbocycles. The number of nitrogens with one attached hydrogen (secondary N) is 1. The number of nitro groups is 1. The first kappa shape index (κ1) is 12.8. The molecule has 0 amide bonds. The standard InChI is InChI=1S/C11H11IN2O2/c1-4-11(2,3)13-9-6-5-8(12)7-10(9)14(15)16/h1,5-7,13H,2-3H3. The van der Waals surface area contributed by atoms with Crippen molar-refractivity contribution in [2.45, 2.75) is 19.4 Å². The highest BCUT2D eigenvalue weighted by atomic mass is 127. The van der Waals surface area contributed by atoms with Crippen LogP contribution in [0, 0.1) is 26.0 Å². The molecule has 0 saturated carbocycles. The summed E-state index contributed by atoms with van der Waals surface area (Å²) in [6.07, 6.45) is 5.33. The van der Waals surface area contributed by atoms with Crippen LogP contribution in [0.4, 0.5) is 11.4 Å². The second-order valence-corrected chi connectivity index (χ2v) is 5.06. The predicted molar refractivity (Wildman–Crippen MR) is 72.3 cm³/mol. The molecule has 0 unspecified atom stereocenters. The molecule has 0 spiro atoms. The molecule has 0 heterocycles. The van der Waals surface area contributed by atoms with Crippen molar-refractivity contribution in [2.75, 3.05) is 5.32 Å². The van der Waals surface area contributed by atoms with Gasteiger partial charge in [-0.05, 0) is 48.6 Å². The zero-order valence-corrected chi connectivity index (χ0v) is 11.1. The minimum absolute atomic E-state index is 0.0372. The molecule has 0 aromatic heterocycles. The number of terminal acetylenes is 1. The lowest BCUT2D eigenvalue weighted by Crippen LogP contribution is -2.28. The number of anilines is 1. The Labute approximate surface area is 108 Å². The molecule has 84 valence electrons. The van der Waals surface area contributed by atoms with Crippen LogP contribution in [-0.2, 0) is 0 Å². The maximum absolute atomic E-state index is 10.9. The van der Waals surface area contributed by atoms with Crippen molar-refractivity contribution < 1.29 is 4.92 Å². The third-order valence-electron chi connectivity index (χ3n) is 1.96. The summed E-state index contributed by atoms with van der Waals surface area (Å²) in [6, 6.07) is 4.97. The highest BCUT2D eigenvalue weighted by molar-refractivity contribution is 14.1. The number of hydrogen-bond donors (Lipinski definition) is 1. The van der Waals surface area contributed by atoms with E-state index in [-0.39, 0.29) is 5.69 Å². The summed E-state index contributed by atoms with van der Waals surface area (Å²) in [4.78, 5) is 10.4. The molecule has 1 aromatic carbocycles. The second-order valence-electron chi connectivity index (χ2n) is 3.81. The summed E-state index contributed by atoms with van der Waals surface area (Å²) in [7, 11) is 0. The van der Waals surface area contributed by atoms with Crippen molar-refractivity contribution in [1.82, 2.24) is 0 Å². The van der Waals surface area contributed by atoms with Crippen molar-refractivity contribution >= 4 is 34.0 Å². The zero-order valence-electron chi connectivity index (χ0n) is 8.95. The smallest absolute Gasteiger partial charge is 0.293 e. The summed E-state index contributed by atoms with van der Waals surface area (Å²) < 4.78 is 0.813. The van der Waals surface area contributed by atoms with E-state index in [2.05, 4.69) is 11.2 Å². The van der Waals surface area contributed by atoms with Gasteiger partial charge in [0, 0.05) is 9.64 Å². The molecule has 0 saturated heterocycles. The summed E-state index contributed by atoms with van der Waals surface area (Å²) in [6.45, 7) is 3.57. The average molecular weight is 330 g/mol. The number of hydrogen-bond acceptors (Lipinski definition) is 3. The number of rotatable bonds is 3. The van der Waals surface area contributed by atoms with Crippen molar-refractivity contribution in [2.24, 2.45) is 0 Å². The Kier molecular flexibility index (Phi) is 3.75. The van der Waals surface area contributed by atoms with Crippen LogP contribution in [0.5, 0.6) is 0 Å². The molecule has 0 atom stereocenters. The van der Waals surface area contributed by atoms with Gasteiger partial charge in [0.05, 0.1) is 10.5 Å². The van der Waals surface area contributed by atoms with Gasteiger partial charge in [-0.25, -0.2) is 0 Å². The van der Waals surface area contributed by atoms with Crippen molar-refractivity contribution in [1.29, 1.82) is 0 Å². The Balaban J connectivity index is 3.15. The molecule has 1 rings (SSSR count). The van der Waals surface area contributed by atoms with E-state index < -0.39 is 10.5 Å². The van der Waals surface area contributed by atoms with E-state index in [1.165, 1.54) is 6.07 Å². The Morgan fingerprint density at radius 2 is 2.19 bits per heavy atom. The van der Waals surface area contributed by atoms with E-state index in [9.17, 15) is 10.1 Å². The van der Waals surface area contributed by atoms with Gasteiger partial charge in [-0.1, -0.05) is 5.92 Å². The van der Waals surface area contributed by atoms with Gasteiger partial charge in [0.25, 0.3) is 5.69 Å². The molecule has 0 aliphatic rings. The van der Waals surface area contributed by atoms with Gasteiger partial charge in [-0.15, -0.1) is 6.42 Å². The van der Waals surface area contributed by atoms with E-state index in [1.807, 2.05) is 22.6 Å². The van der Waals surface area contributed by atoms with Gasteiger partial charge < -0.3 is 5.32 Å². The number of benzene rings is 1. The SMILES string of the molecule is C#CC(C)(C)Nc1ccc(I)cc1[N+](=O)[O-]. The minimum Gasteiger partial charge on any atom is -0.364 e. The van der Waals surface area contributed by atoms with Crippen LogP contribution in [0.3, 0.4) is 0 Å². The average Bonchev–Trinajstić information content (AvgIpc) is 2.20. The first-order valence-corrected chi connectivity index (χ1v) is 5.63. The summed E-state index contributed by atoms with van der Waals surface area (Å²) >= 11 is 2.03. The van der Waals surface area contributed by atoms with Gasteiger partial charge in [-0.2, -0.15) is 0 Å². The molecule has 0 aliphatic heterocycles. The molecule has 0 radical (unpaired) electrons. The predicted octanol–water partition coefficient (Wildman–Crippen LogP) is 3.02. The zero-order chi connectivity index (χ0) is 12.3. The lowest BCUT2D eigenvalue weighted by Gasteiger charge is -2.20. The van der Waals surface area contributed by atoms with Gasteiger partial charge in [0.1, 0.15) is 5.69 Å². The largest absolute Gasteiger partial charge is 0.364 e. The fourth-order valence-electron chi connectivity index (χ4n) is 1.13. The first-order chi connectivity index (χ1) is 7.35. The van der Waals surface area contributed by atoms with Crippen LogP contribution >= 0.6 is 22.6 Å². The molecule has 0 bridgehead atoms. The Hall–Kier alpha value is -1.29. The Morgan fingerprint density at radius 3 is 2.69 bits per heavy atom. The number of nitrogens with zero attached hydrogens (tertiary/aromatic N) is 1. The fraction of sp³-hybridized carbons (Fsp3) is 0.273. The van der Waals surface area contributed by atoms with Gasteiger partial charge in [0.15, 0.2) is 0 Å². The van der Waals surface area contributed by atoms with Crippen LogP contribution in [-0.4, -0.2) is 10.5 Å². The quantitative estimate of drug-likeness (QED) is 0.401. The van der Waals surface area contributed by atoms with Crippen molar-refractivity contribution in [3.05, 3.63) is 31.9 Å². The first-order valence-electron chi connectivity index (χ1n) is 4.55. The summed E-state index contributed by atoms with van der Waals surface area (Å²) in [5, 5.41) is 13.8. The van der Waals surface area contributed by atoms with E-state index in [0.717, 1.165) is 3.57 Å². The topological polar surface area (TPSA) is 55.2 Å². The van der Waals surface area contributed by atoms with E-state index >= 15 is 0 Å². The van der Waals surface area contributed by atoms with Crippen LogP contribution < -0.4 is 5.32 Å². The van der Waals surface area contributed by atoms with E-state index in [1.54, 1.807) is 26.0 Å². The van der Waals surface area contributed by atoms with Crippen LogP contribution in [0.25, 0.3) is 0 Å². The molecule has 0 fully saturated rings. The van der Waals surface area contributed by atoms with Gasteiger partial charge in [-0.3, -0.25) is 10.1 Å². The summed E-state index contributed by atoms with van der Waals surface area (Å²) in [5.74, 6) is 2.53. The van der Waals surface area contributed by atoms with E-state index in [4.69, 9.17) is 6.42 Å². The molecule has 1 N–H and O–H groups in total. The molecule has 4 nitrogen and oxygen atoms in total. The summed E-state index contributed by atoms with van der Waals surface area (Å²) in [5.41, 5.74) is -0.138. The van der Waals surface area contributed by atoms with Gasteiger partial charge in [0.2, 0.25) is 0 Å². The normalized spacial score (nSPS) is 10.6. The molecule has 5 heteroatoms. The van der Waals surface area contributed by atoms with Crippen LogP contribution in [0.1, 0.15) is 13.8 Å². The highest BCUT2D eigenvalue weighted by Gasteiger charge is 2.20. The number of halogens is 1. The highest BCUT2D eigenvalue weighted by Crippen LogP contribution is 2.28. The van der Waals surface area contributed by atoms with Crippen LogP contribution in [0.15, 0.2) is 18.2 Å². The van der Waals surface area contributed by atoms with Gasteiger partial charge >= 0.3 is 0 Å². The molecule has 1 aromatic rings. The monoisotopic (exact) mass is 330 g/mol. The third-order valence-corrected chi connectivity index (χ3v) is 2.64. The Bertz CT molecular complexity index is 464. The van der Waals surface area contributed by atoms with Crippen molar-refractivity contribution in [3.8, 4) is 12.3 Å². The molecule has 16 heavy (non-hydrogen) atoms. The second kappa shape index (κ2) is 4.70. The lowest BCUT2D eigenvalue weighted by molar-refractivity contribution is -0.384. The minimum atomic E-state index is -0.614. The maximum Gasteiger partial charge on any atom is 0.293 e.